The van der Waals surface area contributed by atoms with Crippen LogP contribution in [0.1, 0.15) is 50.3 Å². The molecule has 104 valence electrons. The predicted molar refractivity (Wildman–Crippen MR) is 76.2 cm³/mol. The van der Waals surface area contributed by atoms with Gasteiger partial charge in [0.1, 0.15) is 6.04 Å². The molecule has 1 aromatic carbocycles. The van der Waals surface area contributed by atoms with E-state index in [4.69, 9.17) is 0 Å². The van der Waals surface area contributed by atoms with Crippen molar-refractivity contribution in [1.29, 1.82) is 0 Å². The first-order valence-electron chi connectivity index (χ1n) is 7.24. The Kier molecular flexibility index (Phi) is 4.59. The molecule has 1 aliphatic rings. The number of nitrogens with zero attached hydrogens (tertiary/aromatic N) is 1. The van der Waals surface area contributed by atoms with Gasteiger partial charge in [-0.25, -0.2) is 0 Å². The Morgan fingerprint density at radius 1 is 1.37 bits per heavy atom. The molecule has 0 saturated carbocycles. The van der Waals surface area contributed by atoms with E-state index in [0.29, 0.717) is 0 Å². The molecule has 0 bridgehead atoms. The molecule has 3 heteroatoms. The van der Waals surface area contributed by atoms with Gasteiger partial charge in [-0.15, -0.1) is 0 Å². The van der Waals surface area contributed by atoms with Crippen LogP contribution in [0.3, 0.4) is 0 Å². The minimum atomic E-state index is -0.680. The second kappa shape index (κ2) is 6.20. The van der Waals surface area contributed by atoms with Crippen LogP contribution in [0.5, 0.6) is 0 Å². The van der Waals surface area contributed by atoms with Crippen LogP contribution in [0.25, 0.3) is 0 Å². The number of carboxylic acid groups (broad SMARTS) is 1. The zero-order chi connectivity index (χ0) is 13.8. The fourth-order valence-corrected chi connectivity index (χ4v) is 3.06. The maximum atomic E-state index is 11.3. The largest absolute Gasteiger partial charge is 0.480 e. The van der Waals surface area contributed by atoms with E-state index < -0.39 is 5.97 Å². The van der Waals surface area contributed by atoms with Gasteiger partial charge in [-0.05, 0) is 43.4 Å². The molecular formula is C16H23NO2. The average molecular weight is 261 g/mol. The van der Waals surface area contributed by atoms with Crippen molar-refractivity contribution in [3.05, 3.63) is 35.4 Å². The number of rotatable bonds is 5. The molecule has 0 aromatic heterocycles. The molecule has 19 heavy (non-hydrogen) atoms. The maximum Gasteiger partial charge on any atom is 0.320 e. The fraction of sp³-hybridized carbons (Fsp3) is 0.562. The number of hydrogen-bond acceptors (Lipinski definition) is 2. The third-order valence-electron chi connectivity index (χ3n) is 4.14. The van der Waals surface area contributed by atoms with Crippen LogP contribution in [0.2, 0.25) is 0 Å². The Balaban J connectivity index is 2.20. The van der Waals surface area contributed by atoms with Gasteiger partial charge < -0.3 is 5.11 Å². The van der Waals surface area contributed by atoms with Crippen molar-refractivity contribution in [2.45, 2.75) is 51.6 Å². The molecule has 0 aliphatic carbocycles. The zero-order valence-corrected chi connectivity index (χ0v) is 11.8. The van der Waals surface area contributed by atoms with Crippen molar-refractivity contribution < 1.29 is 9.90 Å². The van der Waals surface area contributed by atoms with Crippen molar-refractivity contribution in [2.24, 2.45) is 0 Å². The molecular weight excluding hydrogens is 238 g/mol. The highest BCUT2D eigenvalue weighted by Gasteiger charge is 2.35. The van der Waals surface area contributed by atoms with Crippen molar-refractivity contribution in [3.8, 4) is 0 Å². The molecule has 1 saturated heterocycles. The summed E-state index contributed by atoms with van der Waals surface area (Å²) in [6, 6.07) is 8.55. The Bertz CT molecular complexity index is 427. The molecule has 1 N–H and O–H groups in total. The first kappa shape index (κ1) is 14.1. The average Bonchev–Trinajstić information content (AvgIpc) is 2.90. The van der Waals surface area contributed by atoms with Gasteiger partial charge in [0, 0.05) is 6.04 Å². The minimum absolute atomic E-state index is 0.231. The summed E-state index contributed by atoms with van der Waals surface area (Å²) in [6.07, 6.45) is 3.76. The fourth-order valence-electron chi connectivity index (χ4n) is 3.06. The summed E-state index contributed by atoms with van der Waals surface area (Å²) in [5.74, 6) is -0.680. The highest BCUT2D eigenvalue weighted by atomic mass is 16.4. The second-order valence-electron chi connectivity index (χ2n) is 5.25. The van der Waals surface area contributed by atoms with E-state index in [-0.39, 0.29) is 12.1 Å². The van der Waals surface area contributed by atoms with Crippen molar-refractivity contribution in [3.63, 3.8) is 0 Å². The van der Waals surface area contributed by atoms with E-state index in [1.54, 1.807) is 0 Å². The van der Waals surface area contributed by atoms with Crippen LogP contribution in [-0.2, 0) is 11.2 Å². The van der Waals surface area contributed by atoms with Crippen LogP contribution < -0.4 is 0 Å². The minimum Gasteiger partial charge on any atom is -0.480 e. The summed E-state index contributed by atoms with van der Waals surface area (Å²) < 4.78 is 0. The Hall–Kier alpha value is -1.35. The van der Waals surface area contributed by atoms with Crippen LogP contribution in [0.4, 0.5) is 0 Å². The number of likely N-dealkylation sites (tertiary alicyclic amines) is 1. The van der Waals surface area contributed by atoms with Gasteiger partial charge in [-0.2, -0.15) is 0 Å². The van der Waals surface area contributed by atoms with Gasteiger partial charge in [-0.3, -0.25) is 9.69 Å². The van der Waals surface area contributed by atoms with Gasteiger partial charge in [0.15, 0.2) is 0 Å². The Morgan fingerprint density at radius 2 is 2.05 bits per heavy atom. The van der Waals surface area contributed by atoms with E-state index >= 15 is 0 Å². The molecule has 2 rings (SSSR count). The molecule has 1 heterocycles. The standard InChI is InChI=1S/C16H23NO2/c1-3-12-7-9-13(10-8-12)14(4-2)17-11-5-6-15(17)16(18)19/h7-10,14-15H,3-6,11H2,1-2H3,(H,18,19). The van der Waals surface area contributed by atoms with Gasteiger partial charge >= 0.3 is 5.97 Å². The number of carbonyl (C=O) groups is 1. The lowest BCUT2D eigenvalue weighted by molar-refractivity contribution is -0.143. The number of carboxylic acids is 1. The predicted octanol–water partition coefficient (Wildman–Crippen LogP) is 3.25. The summed E-state index contributed by atoms with van der Waals surface area (Å²) in [5.41, 5.74) is 2.57. The molecule has 0 spiro atoms. The number of benzene rings is 1. The molecule has 2 atom stereocenters. The van der Waals surface area contributed by atoms with Crippen LogP contribution >= 0.6 is 0 Å². The third kappa shape index (κ3) is 2.98. The highest BCUT2D eigenvalue weighted by Crippen LogP contribution is 2.32. The smallest absolute Gasteiger partial charge is 0.320 e. The number of hydrogen-bond donors (Lipinski definition) is 1. The first-order chi connectivity index (χ1) is 9.17. The molecule has 3 nitrogen and oxygen atoms in total. The van der Waals surface area contributed by atoms with Crippen molar-refractivity contribution in [1.82, 2.24) is 4.90 Å². The lowest BCUT2D eigenvalue weighted by atomic mass is 10.00. The van der Waals surface area contributed by atoms with Gasteiger partial charge in [0.05, 0.1) is 0 Å². The zero-order valence-electron chi connectivity index (χ0n) is 11.8. The van der Waals surface area contributed by atoms with Crippen LogP contribution in [0.15, 0.2) is 24.3 Å². The molecule has 0 amide bonds. The number of aryl methyl sites for hydroxylation is 1. The lowest BCUT2D eigenvalue weighted by Crippen LogP contribution is -2.38. The number of aliphatic carboxylic acids is 1. The lowest BCUT2D eigenvalue weighted by Gasteiger charge is -2.30. The van der Waals surface area contributed by atoms with E-state index in [9.17, 15) is 9.90 Å². The maximum absolute atomic E-state index is 11.3. The highest BCUT2D eigenvalue weighted by molar-refractivity contribution is 5.73. The quantitative estimate of drug-likeness (QED) is 0.884. The van der Waals surface area contributed by atoms with Crippen LogP contribution in [0, 0.1) is 0 Å². The second-order valence-corrected chi connectivity index (χ2v) is 5.25. The van der Waals surface area contributed by atoms with Crippen molar-refractivity contribution in [2.75, 3.05) is 6.54 Å². The monoisotopic (exact) mass is 261 g/mol. The summed E-state index contributed by atoms with van der Waals surface area (Å²) in [7, 11) is 0. The van der Waals surface area contributed by atoms with Crippen LogP contribution in [-0.4, -0.2) is 28.6 Å². The van der Waals surface area contributed by atoms with Gasteiger partial charge in [0.25, 0.3) is 0 Å². The Labute approximate surface area is 115 Å². The van der Waals surface area contributed by atoms with Crippen molar-refractivity contribution >= 4 is 5.97 Å². The third-order valence-corrected chi connectivity index (χ3v) is 4.14. The van der Waals surface area contributed by atoms with E-state index in [0.717, 1.165) is 32.2 Å². The molecule has 1 aromatic rings. The summed E-state index contributed by atoms with van der Waals surface area (Å²) >= 11 is 0. The summed E-state index contributed by atoms with van der Waals surface area (Å²) in [4.78, 5) is 13.5. The van der Waals surface area contributed by atoms with Gasteiger partial charge in [0.2, 0.25) is 0 Å². The topological polar surface area (TPSA) is 40.5 Å². The van der Waals surface area contributed by atoms with Gasteiger partial charge in [-0.1, -0.05) is 38.1 Å². The van der Waals surface area contributed by atoms with E-state index in [1.807, 2.05) is 0 Å². The summed E-state index contributed by atoms with van der Waals surface area (Å²) in [6.45, 7) is 5.17. The SMILES string of the molecule is CCc1ccc(C(CC)N2CCCC2C(=O)O)cc1. The molecule has 1 aliphatic heterocycles. The Morgan fingerprint density at radius 3 is 2.58 bits per heavy atom. The molecule has 2 unspecified atom stereocenters. The summed E-state index contributed by atoms with van der Waals surface area (Å²) in [5, 5.41) is 9.32. The molecule has 0 radical (unpaired) electrons. The van der Waals surface area contributed by atoms with E-state index in [2.05, 4.69) is 43.0 Å². The normalized spacial score (nSPS) is 21.5. The molecule has 1 fully saturated rings. The first-order valence-corrected chi connectivity index (χ1v) is 7.24. The van der Waals surface area contributed by atoms with E-state index in [1.165, 1.54) is 11.1 Å².